The summed E-state index contributed by atoms with van der Waals surface area (Å²) in [5, 5.41) is 2.41. The summed E-state index contributed by atoms with van der Waals surface area (Å²) in [6.07, 6.45) is 3.87. The molecule has 1 aromatic carbocycles. The minimum atomic E-state index is -0.0206. The summed E-state index contributed by atoms with van der Waals surface area (Å²) in [7, 11) is 0. The predicted molar refractivity (Wildman–Crippen MR) is 78.9 cm³/mol. The summed E-state index contributed by atoms with van der Waals surface area (Å²) in [5.74, 6) is 0.529. The Morgan fingerprint density at radius 1 is 1.50 bits per heavy atom. The summed E-state index contributed by atoms with van der Waals surface area (Å²) in [6, 6.07) is 5.03. The Hall–Kier alpha value is -1.85. The molecule has 0 unspecified atom stereocenters. The average molecular weight is 307 g/mol. The van der Waals surface area contributed by atoms with Crippen LogP contribution in [0.15, 0.2) is 36.0 Å². The lowest BCUT2D eigenvalue weighted by Gasteiger charge is -2.07. The van der Waals surface area contributed by atoms with Crippen LogP contribution in [0.3, 0.4) is 0 Å². The lowest BCUT2D eigenvalue weighted by molar-refractivity contribution is 0.101. The average Bonchev–Trinajstić information content (AvgIpc) is 2.97. The topological polar surface area (TPSA) is 43.6 Å². The first-order valence-electron chi connectivity index (χ1n) is 5.98. The molecule has 3 rings (SSSR count). The number of ketones is 1. The molecule has 0 bridgehead atoms. The quantitative estimate of drug-likeness (QED) is 0.688. The van der Waals surface area contributed by atoms with E-state index in [0.717, 1.165) is 10.7 Å². The number of benzene rings is 1. The molecule has 2 aromatic heterocycles. The zero-order valence-corrected chi connectivity index (χ0v) is 12.2. The van der Waals surface area contributed by atoms with Gasteiger partial charge in [0.25, 0.3) is 0 Å². The van der Waals surface area contributed by atoms with Gasteiger partial charge in [-0.3, -0.25) is 9.20 Å². The molecule has 2 heterocycles. The van der Waals surface area contributed by atoms with E-state index < -0.39 is 0 Å². The Morgan fingerprint density at radius 2 is 2.35 bits per heavy atom. The number of imidazole rings is 1. The van der Waals surface area contributed by atoms with Crippen molar-refractivity contribution in [2.45, 2.75) is 13.5 Å². The molecule has 0 aliphatic carbocycles. The maximum absolute atomic E-state index is 11.2. The van der Waals surface area contributed by atoms with Crippen LogP contribution in [0.25, 0.3) is 4.96 Å². The summed E-state index contributed by atoms with van der Waals surface area (Å²) in [5.41, 5.74) is 1.41. The molecular formula is C14H11ClN2O2S. The first kappa shape index (κ1) is 13.1. The molecule has 6 heteroatoms. The molecule has 3 aromatic rings. The first-order chi connectivity index (χ1) is 9.63. The molecule has 0 amide bonds. The number of Topliss-reactive ketones (excluding diaryl/α,β-unsaturated/α-hetero) is 1. The van der Waals surface area contributed by atoms with E-state index in [1.807, 2.05) is 22.2 Å². The van der Waals surface area contributed by atoms with Gasteiger partial charge in [-0.2, -0.15) is 0 Å². The molecule has 0 fully saturated rings. The second-order valence-electron chi connectivity index (χ2n) is 4.32. The van der Waals surface area contributed by atoms with Gasteiger partial charge in [-0.05, 0) is 25.1 Å². The monoisotopic (exact) mass is 306 g/mol. The van der Waals surface area contributed by atoms with Gasteiger partial charge in [0.15, 0.2) is 10.7 Å². The van der Waals surface area contributed by atoms with Gasteiger partial charge in [-0.25, -0.2) is 4.98 Å². The molecule has 20 heavy (non-hydrogen) atoms. The summed E-state index contributed by atoms with van der Waals surface area (Å²) in [6.45, 7) is 1.84. The minimum Gasteiger partial charge on any atom is -0.486 e. The highest BCUT2D eigenvalue weighted by atomic mass is 35.5. The molecule has 0 spiro atoms. The number of ether oxygens (including phenoxy) is 1. The second-order valence-corrected chi connectivity index (χ2v) is 5.60. The smallest absolute Gasteiger partial charge is 0.193 e. The van der Waals surface area contributed by atoms with Crippen molar-refractivity contribution in [3.05, 3.63) is 52.3 Å². The molecule has 0 saturated carbocycles. The lowest BCUT2D eigenvalue weighted by Crippen LogP contribution is -1.98. The van der Waals surface area contributed by atoms with Crippen molar-refractivity contribution >= 4 is 33.7 Å². The van der Waals surface area contributed by atoms with E-state index >= 15 is 0 Å². The molecule has 0 aliphatic heterocycles. The first-order valence-corrected chi connectivity index (χ1v) is 7.23. The molecule has 0 N–H and O–H groups in total. The maximum Gasteiger partial charge on any atom is 0.193 e. The number of aromatic nitrogens is 2. The highest BCUT2D eigenvalue weighted by Gasteiger charge is 2.08. The van der Waals surface area contributed by atoms with Gasteiger partial charge in [-0.15, -0.1) is 11.3 Å². The number of hydrogen-bond donors (Lipinski definition) is 0. The van der Waals surface area contributed by atoms with E-state index in [-0.39, 0.29) is 5.78 Å². The molecule has 0 saturated heterocycles. The second kappa shape index (κ2) is 5.26. The predicted octanol–water partition coefficient (Wildman–Crippen LogP) is 3.83. The number of thiazole rings is 1. The molecule has 0 radical (unpaired) electrons. The van der Waals surface area contributed by atoms with E-state index in [9.17, 15) is 4.79 Å². The van der Waals surface area contributed by atoms with Crippen LogP contribution < -0.4 is 4.74 Å². The highest BCUT2D eigenvalue weighted by Crippen LogP contribution is 2.26. The molecule has 0 atom stereocenters. The number of carbonyl (C=O) groups excluding carboxylic acids is 1. The van der Waals surface area contributed by atoms with Crippen molar-refractivity contribution in [1.29, 1.82) is 0 Å². The Kier molecular flexibility index (Phi) is 3.46. The van der Waals surface area contributed by atoms with E-state index in [1.165, 1.54) is 6.92 Å². The van der Waals surface area contributed by atoms with Crippen molar-refractivity contribution in [2.75, 3.05) is 0 Å². The van der Waals surface area contributed by atoms with Crippen molar-refractivity contribution in [3.63, 3.8) is 0 Å². The Bertz CT molecular complexity index is 750. The number of carbonyl (C=O) groups is 1. The summed E-state index contributed by atoms with van der Waals surface area (Å²) in [4.78, 5) is 16.6. The van der Waals surface area contributed by atoms with Crippen molar-refractivity contribution in [1.82, 2.24) is 9.38 Å². The third-order valence-electron chi connectivity index (χ3n) is 2.86. The lowest BCUT2D eigenvalue weighted by atomic mass is 10.1. The largest absolute Gasteiger partial charge is 0.486 e. The number of halogens is 1. The van der Waals surface area contributed by atoms with Crippen LogP contribution >= 0.6 is 22.9 Å². The van der Waals surface area contributed by atoms with Crippen molar-refractivity contribution in [3.8, 4) is 5.75 Å². The SMILES string of the molecule is CC(=O)c1ccc(OCc2cn3ccsc3n2)c(Cl)c1. The minimum absolute atomic E-state index is 0.0206. The number of nitrogens with zero attached hydrogens (tertiary/aromatic N) is 2. The summed E-state index contributed by atoms with van der Waals surface area (Å²) >= 11 is 7.67. The van der Waals surface area contributed by atoms with Crippen LogP contribution in [0.2, 0.25) is 5.02 Å². The van der Waals surface area contributed by atoms with Gasteiger partial charge >= 0.3 is 0 Å². The Morgan fingerprint density at radius 3 is 3.05 bits per heavy atom. The van der Waals surface area contributed by atoms with Gasteiger partial charge in [-0.1, -0.05) is 11.6 Å². The molecule has 102 valence electrons. The molecular weight excluding hydrogens is 296 g/mol. The highest BCUT2D eigenvalue weighted by molar-refractivity contribution is 7.15. The van der Waals surface area contributed by atoms with Crippen LogP contribution in [-0.2, 0) is 6.61 Å². The van der Waals surface area contributed by atoms with Gasteiger partial charge < -0.3 is 4.74 Å². The Labute approximate surface area is 124 Å². The maximum atomic E-state index is 11.2. The van der Waals surface area contributed by atoms with E-state index in [2.05, 4.69) is 4.98 Å². The van der Waals surface area contributed by atoms with Crippen LogP contribution in [0, 0.1) is 0 Å². The van der Waals surface area contributed by atoms with Crippen molar-refractivity contribution < 1.29 is 9.53 Å². The third-order valence-corrected chi connectivity index (χ3v) is 3.92. The normalized spacial score (nSPS) is 10.9. The zero-order chi connectivity index (χ0) is 14.1. The fourth-order valence-corrected chi connectivity index (χ4v) is 2.79. The van der Waals surface area contributed by atoms with E-state index in [4.69, 9.17) is 16.3 Å². The summed E-state index contributed by atoms with van der Waals surface area (Å²) < 4.78 is 7.59. The van der Waals surface area contributed by atoms with Gasteiger partial charge in [0.05, 0.1) is 10.7 Å². The van der Waals surface area contributed by atoms with Crippen LogP contribution in [0.5, 0.6) is 5.75 Å². The number of rotatable bonds is 4. The molecule has 0 aliphatic rings. The van der Waals surface area contributed by atoms with Crippen molar-refractivity contribution in [2.24, 2.45) is 0 Å². The fourth-order valence-electron chi connectivity index (χ4n) is 1.83. The fraction of sp³-hybridized carbons (Fsp3) is 0.143. The zero-order valence-electron chi connectivity index (χ0n) is 10.7. The van der Waals surface area contributed by atoms with E-state index in [1.54, 1.807) is 29.5 Å². The van der Waals surface area contributed by atoms with Crippen LogP contribution in [-0.4, -0.2) is 15.2 Å². The van der Waals surface area contributed by atoms with Gasteiger partial charge in [0.2, 0.25) is 0 Å². The van der Waals surface area contributed by atoms with Gasteiger partial charge in [0.1, 0.15) is 12.4 Å². The molecule has 4 nitrogen and oxygen atoms in total. The van der Waals surface area contributed by atoms with Gasteiger partial charge in [0, 0.05) is 23.3 Å². The standard InChI is InChI=1S/C14H11ClN2O2S/c1-9(18)10-2-3-13(12(15)6-10)19-8-11-7-17-4-5-20-14(17)16-11/h2-7H,8H2,1H3. The van der Waals surface area contributed by atoms with E-state index in [0.29, 0.717) is 22.9 Å². The van der Waals surface area contributed by atoms with Crippen LogP contribution in [0.4, 0.5) is 0 Å². The number of fused-ring (bicyclic) bond motifs is 1. The Balaban J connectivity index is 1.74. The third kappa shape index (κ3) is 2.55. The van der Waals surface area contributed by atoms with Crippen LogP contribution in [0.1, 0.15) is 23.0 Å². The number of hydrogen-bond acceptors (Lipinski definition) is 4.